The molecule has 5 aromatic carbocycles. The van der Waals surface area contributed by atoms with Crippen molar-refractivity contribution in [3.63, 3.8) is 0 Å². The predicted octanol–water partition coefficient (Wildman–Crippen LogP) is 7.81. The van der Waals surface area contributed by atoms with E-state index in [1.165, 1.54) is 22.7 Å². The first-order valence-electron chi connectivity index (χ1n) is 15.5. The molecule has 7 aromatic rings. The zero-order valence-electron chi connectivity index (χ0n) is 26.0. The van der Waals surface area contributed by atoms with Crippen molar-refractivity contribution < 1.29 is 14.3 Å². The number of esters is 1. The van der Waals surface area contributed by atoms with Crippen molar-refractivity contribution in [1.82, 2.24) is 9.97 Å². The Bertz CT molecular complexity index is 2610. The quantitative estimate of drug-likeness (QED) is 0.166. The van der Waals surface area contributed by atoms with Crippen molar-refractivity contribution in [1.29, 1.82) is 10.5 Å². The molecule has 234 valence electrons. The second kappa shape index (κ2) is 12.5. The summed E-state index contributed by atoms with van der Waals surface area (Å²) in [7, 11) is 0. The van der Waals surface area contributed by atoms with E-state index >= 15 is 0 Å². The zero-order chi connectivity index (χ0) is 33.5. The van der Waals surface area contributed by atoms with Crippen LogP contribution >= 0.6 is 22.7 Å². The Kier molecular flexibility index (Phi) is 7.69. The second-order valence-corrected chi connectivity index (χ2v) is 13.4. The fourth-order valence-electron chi connectivity index (χ4n) is 6.12. The molecular formula is C40H24N4O3S2. The number of benzene rings is 5. The molecule has 0 aliphatic carbocycles. The molecule has 0 bridgehead atoms. The van der Waals surface area contributed by atoms with Gasteiger partial charge in [0.2, 0.25) is 0 Å². The van der Waals surface area contributed by atoms with Gasteiger partial charge in [-0.15, -0.1) is 22.7 Å². The number of rotatable bonds is 6. The van der Waals surface area contributed by atoms with E-state index in [0.717, 1.165) is 42.4 Å². The molecule has 3 heterocycles. The summed E-state index contributed by atoms with van der Waals surface area (Å²) in [5.74, 6) is -0.00885. The van der Waals surface area contributed by atoms with Gasteiger partial charge in [-0.25, -0.2) is 14.8 Å². The fraction of sp³-hybridized carbons (Fsp3) is 0.0750. The number of ether oxygens (including phenoxy) is 2. The molecule has 0 radical (unpaired) electrons. The molecule has 1 atom stereocenters. The lowest BCUT2D eigenvalue weighted by Gasteiger charge is -2.23. The molecule has 0 saturated carbocycles. The van der Waals surface area contributed by atoms with Crippen molar-refractivity contribution in [3.05, 3.63) is 152 Å². The maximum absolute atomic E-state index is 13.2. The summed E-state index contributed by atoms with van der Waals surface area (Å²) in [6.07, 6.45) is 0. The molecule has 1 unspecified atom stereocenters. The summed E-state index contributed by atoms with van der Waals surface area (Å²) >= 11 is 2.96. The monoisotopic (exact) mass is 672 g/mol. The Morgan fingerprint density at radius 3 is 2.29 bits per heavy atom. The Balaban J connectivity index is 1.34. The lowest BCUT2D eigenvalue weighted by molar-refractivity contribution is 0.0526. The number of hydrogen-bond acceptors (Lipinski definition) is 9. The third kappa shape index (κ3) is 5.32. The Morgan fingerprint density at radius 2 is 1.55 bits per heavy atom. The third-order valence-corrected chi connectivity index (χ3v) is 10.5. The molecule has 7 nitrogen and oxygen atoms in total. The number of nitriles is 2. The highest BCUT2D eigenvalue weighted by molar-refractivity contribution is 7.19. The van der Waals surface area contributed by atoms with Crippen molar-refractivity contribution in [2.24, 2.45) is 0 Å². The molecule has 0 spiro atoms. The smallest absolute Gasteiger partial charge is 0.338 e. The number of para-hydroxylation sites is 2. The van der Waals surface area contributed by atoms with Crippen LogP contribution in [0.15, 0.2) is 109 Å². The first kappa shape index (κ1) is 30.2. The second-order valence-electron chi connectivity index (χ2n) is 11.3. The van der Waals surface area contributed by atoms with Crippen LogP contribution in [-0.4, -0.2) is 22.5 Å². The molecule has 2 aromatic heterocycles. The van der Waals surface area contributed by atoms with Gasteiger partial charge in [-0.3, -0.25) is 0 Å². The van der Waals surface area contributed by atoms with E-state index in [0.29, 0.717) is 43.4 Å². The van der Waals surface area contributed by atoms with Crippen LogP contribution in [0, 0.1) is 22.7 Å². The van der Waals surface area contributed by atoms with Gasteiger partial charge in [-0.1, -0.05) is 60.7 Å². The molecule has 1 aliphatic rings. The lowest BCUT2D eigenvalue weighted by atomic mass is 9.88. The van der Waals surface area contributed by atoms with E-state index in [1.807, 2.05) is 103 Å². The molecule has 0 N–H and O–H groups in total. The van der Waals surface area contributed by atoms with Crippen LogP contribution in [0.25, 0.3) is 31.6 Å². The molecule has 49 heavy (non-hydrogen) atoms. The zero-order valence-corrected chi connectivity index (χ0v) is 27.6. The average Bonchev–Trinajstić information content (AvgIpc) is 3.76. The van der Waals surface area contributed by atoms with Crippen LogP contribution in [-0.2, 0) is 4.74 Å². The van der Waals surface area contributed by atoms with Gasteiger partial charge in [0.25, 0.3) is 0 Å². The molecule has 0 amide bonds. The van der Waals surface area contributed by atoms with E-state index in [-0.39, 0.29) is 6.61 Å². The number of fused-ring (bicyclic) bond motifs is 4. The number of carbonyl (C=O) groups excluding carboxylic acids is 1. The van der Waals surface area contributed by atoms with Gasteiger partial charge in [0.15, 0.2) is 0 Å². The van der Waals surface area contributed by atoms with Crippen molar-refractivity contribution in [2.75, 3.05) is 6.61 Å². The van der Waals surface area contributed by atoms with E-state index < -0.39 is 11.9 Å². The molecule has 1 aliphatic heterocycles. The van der Waals surface area contributed by atoms with Gasteiger partial charge in [0.05, 0.1) is 44.2 Å². The van der Waals surface area contributed by atoms with Gasteiger partial charge < -0.3 is 9.47 Å². The summed E-state index contributed by atoms with van der Waals surface area (Å²) in [5.41, 5.74) is 5.50. The van der Waals surface area contributed by atoms with Gasteiger partial charge in [-0.05, 0) is 71.8 Å². The van der Waals surface area contributed by atoms with Crippen LogP contribution in [0.5, 0.6) is 11.5 Å². The Hall–Kier alpha value is -6.13. The number of carbonyl (C=O) groups is 1. The van der Waals surface area contributed by atoms with Crippen LogP contribution < -0.4 is 15.2 Å². The lowest BCUT2D eigenvalue weighted by Crippen LogP contribution is -2.22. The van der Waals surface area contributed by atoms with Crippen LogP contribution in [0.1, 0.15) is 49.9 Å². The number of aromatic nitrogens is 2. The van der Waals surface area contributed by atoms with Crippen LogP contribution in [0.2, 0.25) is 0 Å². The summed E-state index contributed by atoms with van der Waals surface area (Å²) in [5, 5.41) is 23.4. The van der Waals surface area contributed by atoms with Gasteiger partial charge in [0.1, 0.15) is 33.5 Å². The van der Waals surface area contributed by atoms with Crippen LogP contribution in [0.3, 0.4) is 0 Å². The van der Waals surface area contributed by atoms with Gasteiger partial charge in [-0.2, -0.15) is 10.5 Å². The minimum atomic E-state index is -0.619. The fourth-order valence-corrected chi connectivity index (χ4v) is 8.14. The van der Waals surface area contributed by atoms with E-state index in [9.17, 15) is 15.3 Å². The molecular weight excluding hydrogens is 649 g/mol. The van der Waals surface area contributed by atoms with Crippen molar-refractivity contribution in [2.45, 2.75) is 12.8 Å². The largest absolute Gasteiger partial charge is 0.462 e. The highest BCUT2D eigenvalue weighted by Crippen LogP contribution is 2.40. The minimum Gasteiger partial charge on any atom is -0.462 e. The minimum absolute atomic E-state index is 0.241. The van der Waals surface area contributed by atoms with E-state index in [1.54, 1.807) is 13.0 Å². The molecule has 8 rings (SSSR count). The van der Waals surface area contributed by atoms with Crippen LogP contribution in [0.4, 0.5) is 0 Å². The third-order valence-electron chi connectivity index (χ3n) is 8.37. The van der Waals surface area contributed by atoms with Gasteiger partial charge in [0, 0.05) is 16.4 Å². The summed E-state index contributed by atoms with van der Waals surface area (Å²) in [6, 6.07) is 39.2. The highest BCUT2D eigenvalue weighted by atomic mass is 32.1. The normalized spacial score (nSPS) is 13.1. The number of nitrogens with zero attached hydrogens (tertiary/aromatic N) is 4. The standard InChI is InChI=1S/C40H24N4O3S2/c1-2-46-40(45)26-10-4-3-9-25(26)37-27-17-15-23(29(21-41)38-43-31-11-5-7-13-35(31)48-38)19-33(27)47-34-20-24(16-18-28(34)37)30(22-42)39-44-32-12-6-8-14-36(32)49-39/h3-20,29H,2H2,1H3. The first-order valence-corrected chi connectivity index (χ1v) is 17.2. The van der Waals surface area contributed by atoms with Gasteiger partial charge >= 0.3 is 5.97 Å². The molecule has 0 fully saturated rings. The Morgan fingerprint density at radius 1 is 0.816 bits per heavy atom. The van der Waals surface area contributed by atoms with E-state index in [4.69, 9.17) is 19.4 Å². The van der Waals surface area contributed by atoms with E-state index in [2.05, 4.69) is 12.1 Å². The summed E-state index contributed by atoms with van der Waals surface area (Å²) in [6.45, 7) is 2.02. The maximum Gasteiger partial charge on any atom is 0.338 e. The topological polar surface area (TPSA) is 109 Å². The predicted molar refractivity (Wildman–Crippen MR) is 191 cm³/mol. The SMILES string of the molecule is CCOC(=O)c1ccccc1C1=c2ccc(=C(C#N)c3nc4ccccc4s3)cc2Oc2cc(C(C#N)c3nc4ccccc4s3)ccc21. The first-order chi connectivity index (χ1) is 24.1. The molecule has 0 saturated heterocycles. The maximum atomic E-state index is 13.2. The summed E-state index contributed by atoms with van der Waals surface area (Å²) < 4.78 is 14.1. The highest BCUT2D eigenvalue weighted by Gasteiger charge is 2.27. The van der Waals surface area contributed by atoms with Crippen molar-refractivity contribution in [3.8, 4) is 23.6 Å². The van der Waals surface area contributed by atoms with Crippen molar-refractivity contribution >= 4 is 60.2 Å². The number of thiazole rings is 2. The average molecular weight is 673 g/mol. The molecule has 9 heteroatoms. The Labute approximate surface area is 288 Å². The summed E-state index contributed by atoms with van der Waals surface area (Å²) in [4.78, 5) is 22.7. The number of hydrogen-bond donors (Lipinski definition) is 0.